The first kappa shape index (κ1) is 31.0. The average molecular weight is 616 g/mol. The molecular weight excluding hydrogens is 583 g/mol. The first-order valence-electron chi connectivity index (χ1n) is 12.8. The van der Waals surface area contributed by atoms with Gasteiger partial charge in [0.05, 0.1) is 37.6 Å². The van der Waals surface area contributed by atoms with E-state index in [2.05, 4.69) is 0 Å². The second kappa shape index (κ2) is 12.1. The van der Waals surface area contributed by atoms with Crippen molar-refractivity contribution in [2.45, 2.75) is 43.6 Å². The Morgan fingerprint density at radius 1 is 0.600 bits per heavy atom. The van der Waals surface area contributed by atoms with Gasteiger partial charge in [0.1, 0.15) is 13.2 Å². The van der Waals surface area contributed by atoms with Gasteiger partial charge in [-0.05, 0) is 32.0 Å². The largest absolute Gasteiger partial charge is 0.461 e. The lowest BCUT2D eigenvalue weighted by molar-refractivity contribution is -0.306. The minimum absolute atomic E-state index is 0.112. The zero-order valence-corrected chi connectivity index (χ0v) is 25.1. The molecule has 0 N–H and O–H groups in total. The molecule has 2 fully saturated rings. The van der Waals surface area contributed by atoms with Crippen molar-refractivity contribution < 1.29 is 38.0 Å². The topological polar surface area (TPSA) is 89.5 Å². The third-order valence-corrected chi connectivity index (χ3v) is 7.16. The number of hydrogen-bond donors (Lipinski definition) is 0. The minimum Gasteiger partial charge on any atom is -0.461 e. The molecule has 0 spiro atoms. The first-order chi connectivity index (χ1) is 18.7. The number of hydrogen-bond acceptors (Lipinski definition) is 8. The molecule has 40 heavy (non-hydrogen) atoms. The van der Waals surface area contributed by atoms with E-state index in [9.17, 15) is 9.59 Å². The van der Waals surface area contributed by atoms with E-state index in [0.717, 1.165) is 11.1 Å². The predicted octanol–water partition coefficient (Wildman–Crippen LogP) is 6.15. The normalized spacial score (nSPS) is 32.5. The van der Waals surface area contributed by atoms with Crippen molar-refractivity contribution in [3.05, 3.63) is 70.8 Å². The van der Waals surface area contributed by atoms with Gasteiger partial charge in [0.2, 0.25) is 0 Å². The van der Waals surface area contributed by atoms with E-state index in [1.807, 2.05) is 52.0 Å². The summed E-state index contributed by atoms with van der Waals surface area (Å²) in [5.74, 6) is -2.91. The second-order valence-electron chi connectivity index (χ2n) is 11.2. The maximum absolute atomic E-state index is 12.8. The van der Waals surface area contributed by atoms with Crippen molar-refractivity contribution in [3.8, 4) is 0 Å². The van der Waals surface area contributed by atoms with Crippen LogP contribution < -0.4 is 0 Å². The standard InChI is InChI=1S/C28H32O8.CHCl3/c1-25-13-31-23(29)19-6-5-7-20(12-19)24(30)32-14-26(2)17-35-28(4,36-18-26)22-10-8-21(9-11-22)27(3,33-15-25)34-16-25;2-1(3)4/h5-12H,13-18H2,1-4H3;1H. The number of alkyl halides is 3. The molecule has 0 unspecified atom stereocenters. The molecule has 6 aliphatic heterocycles. The van der Waals surface area contributed by atoms with Gasteiger partial charge < -0.3 is 28.4 Å². The van der Waals surface area contributed by atoms with Crippen LogP contribution in [0.25, 0.3) is 0 Å². The van der Waals surface area contributed by atoms with Crippen LogP contribution in [-0.2, 0) is 40.0 Å². The van der Waals surface area contributed by atoms with Crippen molar-refractivity contribution in [1.29, 1.82) is 0 Å². The Morgan fingerprint density at radius 3 is 1.25 bits per heavy atom. The summed E-state index contributed by atoms with van der Waals surface area (Å²) in [5.41, 5.74) is 1.23. The summed E-state index contributed by atoms with van der Waals surface area (Å²) in [6.07, 6.45) is 0. The molecule has 2 saturated heterocycles. The number of fused-ring (bicyclic) bond motifs is 3. The van der Waals surface area contributed by atoms with Gasteiger partial charge in [-0.25, -0.2) is 9.59 Å². The average Bonchev–Trinajstić information content (AvgIpc) is 2.94. The third kappa shape index (κ3) is 7.29. The fourth-order valence-electron chi connectivity index (χ4n) is 4.41. The van der Waals surface area contributed by atoms with E-state index >= 15 is 0 Å². The van der Waals surface area contributed by atoms with Gasteiger partial charge in [0.25, 0.3) is 0 Å². The molecule has 0 amide bonds. The molecule has 0 atom stereocenters. The van der Waals surface area contributed by atoms with Crippen molar-refractivity contribution in [2.75, 3.05) is 39.6 Å². The summed E-state index contributed by atoms with van der Waals surface area (Å²) in [4.78, 5) is 25.5. The molecule has 6 aliphatic rings. The maximum Gasteiger partial charge on any atom is 0.338 e. The highest BCUT2D eigenvalue weighted by Gasteiger charge is 2.44. The van der Waals surface area contributed by atoms with E-state index in [0.29, 0.717) is 26.4 Å². The van der Waals surface area contributed by atoms with Gasteiger partial charge >= 0.3 is 11.9 Å². The Labute approximate surface area is 249 Å². The fourth-order valence-corrected chi connectivity index (χ4v) is 4.41. The van der Waals surface area contributed by atoms with E-state index in [4.69, 9.17) is 63.2 Å². The van der Waals surface area contributed by atoms with E-state index < -0.39 is 38.6 Å². The molecule has 0 aliphatic carbocycles. The van der Waals surface area contributed by atoms with Crippen molar-refractivity contribution in [2.24, 2.45) is 10.8 Å². The Hall–Kier alpha value is -1.91. The Bertz CT molecular complexity index is 1110. The minimum atomic E-state index is -0.930. The monoisotopic (exact) mass is 614 g/mol. The van der Waals surface area contributed by atoms with Crippen LogP contribution in [0.4, 0.5) is 0 Å². The van der Waals surface area contributed by atoms with Gasteiger partial charge in [-0.3, -0.25) is 0 Å². The Morgan fingerprint density at radius 2 is 0.925 bits per heavy atom. The summed E-state index contributed by atoms with van der Waals surface area (Å²) in [5, 5.41) is 0. The second-order valence-corrected chi connectivity index (χ2v) is 13.2. The maximum atomic E-state index is 12.8. The summed E-state index contributed by atoms with van der Waals surface area (Å²) < 4.78 is 35.1. The molecule has 8 bridgehead atoms. The van der Waals surface area contributed by atoms with Crippen LogP contribution in [0.1, 0.15) is 59.5 Å². The summed E-state index contributed by atoms with van der Waals surface area (Å²) in [6.45, 7) is 9.24. The lowest BCUT2D eigenvalue weighted by Gasteiger charge is -2.44. The van der Waals surface area contributed by atoms with E-state index in [-0.39, 0.29) is 24.3 Å². The quantitative estimate of drug-likeness (QED) is 0.258. The molecule has 0 saturated carbocycles. The first-order valence-corrected chi connectivity index (χ1v) is 14.1. The van der Waals surface area contributed by atoms with Gasteiger partial charge in [-0.2, -0.15) is 0 Å². The van der Waals surface area contributed by atoms with E-state index in [1.54, 1.807) is 18.2 Å². The zero-order chi connectivity index (χ0) is 29.2. The van der Waals surface area contributed by atoms with E-state index in [1.165, 1.54) is 6.07 Å². The SMILES string of the molecule is CC12COC(=O)c3cccc(c3)C(=O)OCC3(C)COC(C)(OC3)c3ccc(cc3)C(C)(OC1)OC2.ClC(Cl)Cl. The fraction of sp³-hybridized carbons (Fsp3) is 0.517. The summed E-state index contributed by atoms with van der Waals surface area (Å²) in [7, 11) is 0. The molecule has 0 aromatic heterocycles. The van der Waals surface area contributed by atoms with Crippen LogP contribution in [0.2, 0.25) is 0 Å². The smallest absolute Gasteiger partial charge is 0.338 e. The number of carbonyl (C=O) groups is 2. The lowest BCUT2D eigenvalue weighted by atomic mass is 9.91. The third-order valence-electron chi connectivity index (χ3n) is 7.16. The van der Waals surface area contributed by atoms with Crippen molar-refractivity contribution in [1.82, 2.24) is 0 Å². The molecule has 8 nitrogen and oxygen atoms in total. The van der Waals surface area contributed by atoms with Gasteiger partial charge in [-0.15, -0.1) is 0 Å². The predicted molar refractivity (Wildman–Crippen MR) is 150 cm³/mol. The Balaban J connectivity index is 0.000000867. The molecule has 11 heteroatoms. The number of carbonyl (C=O) groups excluding carboxylic acids is 2. The van der Waals surface area contributed by atoms with Crippen LogP contribution in [0, 0.1) is 10.8 Å². The summed E-state index contributed by atoms with van der Waals surface area (Å²) in [6, 6.07) is 14.1. The van der Waals surface area contributed by atoms with Crippen molar-refractivity contribution >= 4 is 46.7 Å². The molecule has 218 valence electrons. The van der Waals surface area contributed by atoms with Crippen LogP contribution in [-0.4, -0.2) is 55.9 Å². The highest BCUT2D eigenvalue weighted by atomic mass is 35.6. The number of esters is 2. The molecule has 0 radical (unpaired) electrons. The van der Waals surface area contributed by atoms with Gasteiger partial charge in [0.15, 0.2) is 15.9 Å². The zero-order valence-electron chi connectivity index (χ0n) is 22.8. The molecule has 2 aromatic rings. The summed E-state index contributed by atoms with van der Waals surface area (Å²) >= 11 is 14.4. The van der Waals surface area contributed by atoms with Crippen LogP contribution >= 0.6 is 34.8 Å². The van der Waals surface area contributed by atoms with Crippen LogP contribution in [0.15, 0.2) is 48.5 Å². The number of benzene rings is 2. The molecule has 6 heterocycles. The Kier molecular flexibility index (Phi) is 9.42. The molecule has 2 aromatic carbocycles. The number of rotatable bonds is 0. The van der Waals surface area contributed by atoms with Gasteiger partial charge in [-0.1, -0.05) is 79.0 Å². The number of halogens is 3. The van der Waals surface area contributed by atoms with Crippen LogP contribution in [0.3, 0.4) is 0 Å². The highest BCUT2D eigenvalue weighted by Crippen LogP contribution is 2.40. The van der Waals surface area contributed by atoms with Crippen molar-refractivity contribution in [3.63, 3.8) is 0 Å². The molecular formula is C29H33Cl3O8. The molecule has 8 rings (SSSR count). The number of ether oxygens (including phenoxy) is 6. The van der Waals surface area contributed by atoms with Gasteiger partial charge in [0, 0.05) is 22.0 Å². The lowest BCUT2D eigenvalue weighted by Crippen LogP contribution is -2.48. The van der Waals surface area contributed by atoms with Crippen LogP contribution in [0.5, 0.6) is 0 Å². The highest BCUT2D eigenvalue weighted by molar-refractivity contribution is 6.63.